The Balaban J connectivity index is 2.39. The van der Waals surface area contributed by atoms with Gasteiger partial charge in [-0.1, -0.05) is 6.82 Å². The van der Waals surface area contributed by atoms with Crippen molar-refractivity contribution in [2.45, 2.75) is 37.9 Å². The van der Waals surface area contributed by atoms with Crippen LogP contribution in [0.2, 0.25) is 6.82 Å². The molecule has 3 atom stereocenters. The Morgan fingerprint density at radius 3 is 2.92 bits per heavy atom. The molecule has 3 nitrogen and oxygen atoms in total. The highest BCUT2D eigenvalue weighted by Gasteiger charge is 2.33. The Kier molecular flexibility index (Phi) is 4.05. The van der Waals surface area contributed by atoms with Crippen LogP contribution in [0.5, 0.6) is 0 Å². The van der Waals surface area contributed by atoms with Gasteiger partial charge < -0.3 is 14.6 Å². The second-order valence-electron chi connectivity index (χ2n) is 3.07. The molecule has 1 heterocycles. The van der Waals surface area contributed by atoms with E-state index >= 15 is 0 Å². The lowest BCUT2D eigenvalue weighted by Crippen LogP contribution is -2.24. The van der Waals surface area contributed by atoms with Crippen molar-refractivity contribution in [3.05, 3.63) is 0 Å². The molecule has 0 saturated carbocycles. The minimum Gasteiger partial charge on any atom is -0.396 e. The lowest BCUT2D eigenvalue weighted by Gasteiger charge is -2.15. The summed E-state index contributed by atoms with van der Waals surface area (Å²) in [6.07, 6.45) is 1.81. The van der Waals surface area contributed by atoms with Crippen LogP contribution < -0.4 is 0 Å². The SMILES string of the molecule is C[B][C@H]1C[C@@H](OC)[C@@H](CCO)O1. The van der Waals surface area contributed by atoms with E-state index < -0.39 is 0 Å². The van der Waals surface area contributed by atoms with Gasteiger partial charge in [-0.05, 0) is 12.8 Å². The first-order valence-corrected chi connectivity index (χ1v) is 4.40. The highest BCUT2D eigenvalue weighted by molar-refractivity contribution is 6.35. The van der Waals surface area contributed by atoms with Gasteiger partial charge in [0.15, 0.2) is 0 Å². The molecule has 0 aromatic heterocycles. The third-order valence-electron chi connectivity index (χ3n) is 2.32. The van der Waals surface area contributed by atoms with Gasteiger partial charge in [-0.15, -0.1) is 0 Å². The molecule has 1 saturated heterocycles. The van der Waals surface area contributed by atoms with Crippen LogP contribution in [0.15, 0.2) is 0 Å². The summed E-state index contributed by atoms with van der Waals surface area (Å²) in [5.41, 5.74) is 0. The number of rotatable bonds is 4. The third-order valence-corrected chi connectivity index (χ3v) is 2.32. The molecule has 1 aliphatic rings. The van der Waals surface area contributed by atoms with Crippen LogP contribution >= 0.6 is 0 Å². The number of ether oxygens (including phenoxy) is 2. The van der Waals surface area contributed by atoms with Crippen molar-refractivity contribution in [1.29, 1.82) is 0 Å². The average molecular weight is 171 g/mol. The summed E-state index contributed by atoms with van der Waals surface area (Å²) in [6.45, 7) is 2.15. The van der Waals surface area contributed by atoms with E-state index in [0.717, 1.165) is 6.42 Å². The second-order valence-corrected chi connectivity index (χ2v) is 3.07. The molecule has 0 bridgehead atoms. The fourth-order valence-corrected chi connectivity index (χ4v) is 1.59. The van der Waals surface area contributed by atoms with E-state index in [0.29, 0.717) is 6.42 Å². The fourth-order valence-electron chi connectivity index (χ4n) is 1.59. The number of aliphatic hydroxyl groups excluding tert-OH is 1. The van der Waals surface area contributed by atoms with Gasteiger partial charge in [-0.25, -0.2) is 0 Å². The maximum Gasteiger partial charge on any atom is 0.146 e. The van der Waals surface area contributed by atoms with Crippen LogP contribution in [0, 0.1) is 0 Å². The van der Waals surface area contributed by atoms with Crippen molar-refractivity contribution in [1.82, 2.24) is 0 Å². The molecule has 1 aliphatic heterocycles. The van der Waals surface area contributed by atoms with Gasteiger partial charge in [0, 0.05) is 19.7 Å². The lowest BCUT2D eigenvalue weighted by molar-refractivity contribution is -0.00313. The summed E-state index contributed by atoms with van der Waals surface area (Å²) in [4.78, 5) is 0. The maximum atomic E-state index is 8.75. The lowest BCUT2D eigenvalue weighted by atomic mass is 9.73. The standard InChI is InChI=1S/C8H16BO3/c1-9-8-5-7(11-2)6(12-8)3-4-10/h6-8,10H,3-5H2,1-2H3/t6-,7-,8-/m1/s1. The summed E-state index contributed by atoms with van der Waals surface area (Å²) in [7, 11) is 3.72. The fraction of sp³-hybridized carbons (Fsp3) is 1.00. The van der Waals surface area contributed by atoms with E-state index in [2.05, 4.69) is 0 Å². The highest BCUT2D eigenvalue weighted by Crippen LogP contribution is 2.24. The molecule has 0 aromatic carbocycles. The summed E-state index contributed by atoms with van der Waals surface area (Å²) in [5, 5.41) is 8.75. The zero-order chi connectivity index (χ0) is 8.97. The molecule has 1 rings (SSSR count). The topological polar surface area (TPSA) is 38.7 Å². The second kappa shape index (κ2) is 4.85. The largest absolute Gasteiger partial charge is 0.396 e. The Hall–Kier alpha value is -0.0551. The first kappa shape index (κ1) is 10.0. The first-order chi connectivity index (χ1) is 5.81. The van der Waals surface area contributed by atoms with E-state index in [1.54, 1.807) is 7.11 Å². The molecule has 69 valence electrons. The molecule has 0 amide bonds. The number of hydrogen-bond donors (Lipinski definition) is 1. The monoisotopic (exact) mass is 171 g/mol. The smallest absolute Gasteiger partial charge is 0.146 e. The molecule has 1 fully saturated rings. The summed E-state index contributed by atoms with van der Waals surface area (Å²) >= 11 is 0. The first-order valence-electron chi connectivity index (χ1n) is 4.40. The molecular weight excluding hydrogens is 155 g/mol. The average Bonchev–Trinajstić information content (AvgIpc) is 2.48. The Bertz CT molecular complexity index is 131. The maximum absolute atomic E-state index is 8.75. The predicted molar refractivity (Wildman–Crippen MR) is 47.4 cm³/mol. The van der Waals surface area contributed by atoms with Crippen molar-refractivity contribution < 1.29 is 14.6 Å². The van der Waals surface area contributed by atoms with Crippen LogP contribution in [0.4, 0.5) is 0 Å². The summed E-state index contributed by atoms with van der Waals surface area (Å²) in [5.74, 6) is 0. The Labute approximate surface area is 74.3 Å². The van der Waals surface area contributed by atoms with Crippen LogP contribution in [0.1, 0.15) is 12.8 Å². The Morgan fingerprint density at radius 1 is 1.67 bits per heavy atom. The normalized spacial score (nSPS) is 35.4. The van der Waals surface area contributed by atoms with E-state index in [-0.39, 0.29) is 24.8 Å². The number of hydrogen-bond acceptors (Lipinski definition) is 3. The van der Waals surface area contributed by atoms with Gasteiger partial charge in [0.2, 0.25) is 0 Å². The highest BCUT2D eigenvalue weighted by atomic mass is 16.6. The van der Waals surface area contributed by atoms with Crippen LogP contribution in [-0.4, -0.2) is 44.3 Å². The van der Waals surface area contributed by atoms with Gasteiger partial charge in [-0.3, -0.25) is 0 Å². The van der Waals surface area contributed by atoms with Gasteiger partial charge in [0.1, 0.15) is 7.28 Å². The van der Waals surface area contributed by atoms with Crippen LogP contribution in [-0.2, 0) is 9.47 Å². The summed E-state index contributed by atoms with van der Waals surface area (Å²) < 4.78 is 10.9. The zero-order valence-electron chi connectivity index (χ0n) is 7.69. The van der Waals surface area contributed by atoms with E-state index in [1.165, 1.54) is 0 Å². The van der Waals surface area contributed by atoms with Crippen molar-refractivity contribution in [2.75, 3.05) is 13.7 Å². The minimum atomic E-state index is 0.0706. The number of methoxy groups -OCH3 is 1. The molecular formula is C8H16BO3. The summed E-state index contributed by atoms with van der Waals surface area (Å²) in [6, 6.07) is 0.200. The minimum absolute atomic E-state index is 0.0706. The molecule has 0 spiro atoms. The van der Waals surface area contributed by atoms with Crippen LogP contribution in [0.25, 0.3) is 0 Å². The van der Waals surface area contributed by atoms with Crippen molar-refractivity contribution in [3.63, 3.8) is 0 Å². The number of aliphatic hydroxyl groups is 1. The van der Waals surface area contributed by atoms with Gasteiger partial charge in [0.25, 0.3) is 0 Å². The zero-order valence-corrected chi connectivity index (χ0v) is 7.69. The van der Waals surface area contributed by atoms with Crippen molar-refractivity contribution in [3.8, 4) is 0 Å². The van der Waals surface area contributed by atoms with Crippen molar-refractivity contribution >= 4 is 7.28 Å². The van der Waals surface area contributed by atoms with Gasteiger partial charge in [0.05, 0.1) is 12.2 Å². The Morgan fingerprint density at radius 2 is 2.42 bits per heavy atom. The van der Waals surface area contributed by atoms with Gasteiger partial charge in [-0.2, -0.15) is 0 Å². The van der Waals surface area contributed by atoms with E-state index in [4.69, 9.17) is 14.6 Å². The van der Waals surface area contributed by atoms with Gasteiger partial charge >= 0.3 is 0 Å². The quantitative estimate of drug-likeness (QED) is 0.616. The molecule has 1 N–H and O–H groups in total. The molecule has 1 radical (unpaired) electrons. The molecule has 0 unspecified atom stereocenters. The molecule has 0 aliphatic carbocycles. The van der Waals surface area contributed by atoms with E-state index in [9.17, 15) is 0 Å². The van der Waals surface area contributed by atoms with Crippen LogP contribution in [0.3, 0.4) is 0 Å². The van der Waals surface area contributed by atoms with Crippen molar-refractivity contribution in [2.24, 2.45) is 0 Å². The molecule has 12 heavy (non-hydrogen) atoms. The van der Waals surface area contributed by atoms with E-state index in [1.807, 2.05) is 14.1 Å². The predicted octanol–water partition coefficient (Wildman–Crippen LogP) is 0.251. The third kappa shape index (κ3) is 2.22. The molecule has 4 heteroatoms. The molecule has 0 aromatic rings.